The topological polar surface area (TPSA) is 20.2 Å². The monoisotopic (exact) mass is 263 g/mol. The van der Waals surface area contributed by atoms with Gasteiger partial charge in [0.2, 0.25) is 0 Å². The molecule has 1 atom stereocenters. The minimum Gasteiger partial charge on any atom is -0.352 e. The Kier molecular flexibility index (Phi) is 5.06. The lowest BCUT2D eigenvalue weighted by atomic mass is 10.1. The summed E-state index contributed by atoms with van der Waals surface area (Å²) in [6.07, 6.45) is 4.17. The summed E-state index contributed by atoms with van der Waals surface area (Å²) in [5.41, 5.74) is 4.17. The minimum atomic E-state index is 0.568. The largest absolute Gasteiger partial charge is 0.352 e. The summed E-state index contributed by atoms with van der Waals surface area (Å²) < 4.78 is 2.27. The molecule has 1 fully saturated rings. The molecule has 1 aliphatic heterocycles. The molecule has 2 heterocycles. The van der Waals surface area contributed by atoms with Gasteiger partial charge in [-0.1, -0.05) is 6.42 Å². The third-order valence-electron chi connectivity index (χ3n) is 4.50. The summed E-state index contributed by atoms with van der Waals surface area (Å²) in [7, 11) is 2.14. The number of hydrogen-bond acceptors (Lipinski definition) is 2. The van der Waals surface area contributed by atoms with E-state index in [0.717, 1.165) is 6.54 Å². The van der Waals surface area contributed by atoms with E-state index in [2.05, 4.69) is 48.7 Å². The zero-order valence-electron chi connectivity index (χ0n) is 13.0. The number of hydrogen-bond donors (Lipinski definition) is 1. The van der Waals surface area contributed by atoms with Crippen LogP contribution in [-0.2, 0) is 13.6 Å². The average molecular weight is 263 g/mol. The van der Waals surface area contributed by atoms with Gasteiger partial charge in [-0.2, -0.15) is 0 Å². The van der Waals surface area contributed by atoms with Crippen molar-refractivity contribution in [3.63, 3.8) is 0 Å². The molecule has 1 aromatic rings. The van der Waals surface area contributed by atoms with Crippen LogP contribution < -0.4 is 5.32 Å². The smallest absolute Gasteiger partial charge is 0.0226 e. The summed E-state index contributed by atoms with van der Waals surface area (Å²) >= 11 is 0. The number of nitrogens with zero attached hydrogens (tertiary/aromatic N) is 2. The number of piperidine rings is 1. The van der Waals surface area contributed by atoms with E-state index in [1.54, 1.807) is 0 Å². The molecule has 0 saturated carbocycles. The SMILES string of the molecule is Cc1cc(CNC(C)CN2CCCCC2)c(C)n1C. The maximum absolute atomic E-state index is 3.67. The number of aryl methyl sites for hydroxylation is 1. The zero-order valence-corrected chi connectivity index (χ0v) is 13.0. The predicted molar refractivity (Wildman–Crippen MR) is 81.5 cm³/mol. The van der Waals surface area contributed by atoms with Gasteiger partial charge >= 0.3 is 0 Å². The van der Waals surface area contributed by atoms with Crippen molar-refractivity contribution in [2.75, 3.05) is 19.6 Å². The lowest BCUT2D eigenvalue weighted by Gasteiger charge is -2.29. The summed E-state index contributed by atoms with van der Waals surface area (Å²) in [5.74, 6) is 0. The molecule has 0 amide bonds. The molecule has 108 valence electrons. The van der Waals surface area contributed by atoms with Crippen LogP contribution >= 0.6 is 0 Å². The molecule has 0 spiro atoms. The van der Waals surface area contributed by atoms with Crippen molar-refractivity contribution in [3.05, 3.63) is 23.0 Å². The maximum Gasteiger partial charge on any atom is 0.0226 e. The first-order chi connectivity index (χ1) is 9.08. The van der Waals surface area contributed by atoms with Crippen LogP contribution in [-0.4, -0.2) is 35.1 Å². The Hall–Kier alpha value is -0.800. The van der Waals surface area contributed by atoms with E-state index in [0.29, 0.717) is 6.04 Å². The normalized spacial score (nSPS) is 18.7. The number of rotatable bonds is 5. The van der Waals surface area contributed by atoms with Gasteiger partial charge in [-0.15, -0.1) is 0 Å². The molecule has 1 saturated heterocycles. The Morgan fingerprint density at radius 2 is 1.89 bits per heavy atom. The van der Waals surface area contributed by atoms with Crippen LogP contribution in [0.15, 0.2) is 6.07 Å². The third-order valence-corrected chi connectivity index (χ3v) is 4.50. The standard InChI is InChI=1S/C16H29N3/c1-13(12-19-8-6-5-7-9-19)17-11-16-10-14(2)18(4)15(16)3/h10,13,17H,5-9,11-12H2,1-4H3. The second kappa shape index (κ2) is 6.58. The lowest BCUT2D eigenvalue weighted by Crippen LogP contribution is -2.41. The van der Waals surface area contributed by atoms with E-state index >= 15 is 0 Å². The maximum atomic E-state index is 3.67. The number of likely N-dealkylation sites (tertiary alicyclic amines) is 1. The highest BCUT2D eigenvalue weighted by molar-refractivity contribution is 5.26. The molecule has 1 aliphatic rings. The van der Waals surface area contributed by atoms with Gasteiger partial charge in [0, 0.05) is 37.6 Å². The number of aromatic nitrogens is 1. The third kappa shape index (κ3) is 3.83. The van der Waals surface area contributed by atoms with Crippen LogP contribution in [0.4, 0.5) is 0 Å². The van der Waals surface area contributed by atoms with Crippen molar-refractivity contribution in [1.82, 2.24) is 14.8 Å². The Morgan fingerprint density at radius 1 is 1.21 bits per heavy atom. The fraction of sp³-hybridized carbons (Fsp3) is 0.750. The summed E-state index contributed by atoms with van der Waals surface area (Å²) in [6.45, 7) is 11.4. The van der Waals surface area contributed by atoms with Crippen LogP contribution in [0.1, 0.15) is 43.1 Å². The average Bonchev–Trinajstić information content (AvgIpc) is 2.65. The molecule has 1 N–H and O–H groups in total. The molecule has 19 heavy (non-hydrogen) atoms. The molecule has 3 heteroatoms. The fourth-order valence-electron chi connectivity index (χ4n) is 2.99. The van der Waals surface area contributed by atoms with Gasteiger partial charge in [0.15, 0.2) is 0 Å². The molecule has 3 nitrogen and oxygen atoms in total. The summed E-state index contributed by atoms with van der Waals surface area (Å²) in [6, 6.07) is 2.87. The van der Waals surface area contributed by atoms with Crippen molar-refractivity contribution in [2.45, 2.75) is 52.6 Å². The molecular weight excluding hydrogens is 234 g/mol. The molecule has 0 aromatic carbocycles. The Morgan fingerprint density at radius 3 is 2.47 bits per heavy atom. The first-order valence-corrected chi connectivity index (χ1v) is 7.65. The Labute approximate surface area is 118 Å². The van der Waals surface area contributed by atoms with Gasteiger partial charge in [0.1, 0.15) is 0 Å². The number of nitrogens with one attached hydrogen (secondary N) is 1. The Bertz CT molecular complexity index is 402. The minimum absolute atomic E-state index is 0.568. The lowest BCUT2D eigenvalue weighted by molar-refractivity contribution is 0.209. The second-order valence-electron chi connectivity index (χ2n) is 6.10. The van der Waals surface area contributed by atoms with Gasteiger partial charge in [-0.3, -0.25) is 0 Å². The molecule has 0 bridgehead atoms. The van der Waals surface area contributed by atoms with Crippen LogP contribution in [0.25, 0.3) is 0 Å². The first-order valence-electron chi connectivity index (χ1n) is 7.65. The van der Waals surface area contributed by atoms with Crippen molar-refractivity contribution >= 4 is 0 Å². The van der Waals surface area contributed by atoms with Gasteiger partial charge in [0.25, 0.3) is 0 Å². The van der Waals surface area contributed by atoms with E-state index in [4.69, 9.17) is 0 Å². The van der Waals surface area contributed by atoms with Crippen molar-refractivity contribution in [3.8, 4) is 0 Å². The molecule has 0 radical (unpaired) electrons. The van der Waals surface area contributed by atoms with E-state index in [9.17, 15) is 0 Å². The zero-order chi connectivity index (χ0) is 13.8. The van der Waals surface area contributed by atoms with E-state index in [1.165, 1.54) is 55.8 Å². The van der Waals surface area contributed by atoms with Crippen LogP contribution in [0.3, 0.4) is 0 Å². The highest BCUT2D eigenvalue weighted by atomic mass is 15.1. The quantitative estimate of drug-likeness (QED) is 0.881. The molecule has 0 aliphatic carbocycles. The van der Waals surface area contributed by atoms with Crippen molar-refractivity contribution in [2.24, 2.45) is 7.05 Å². The van der Waals surface area contributed by atoms with Gasteiger partial charge in [-0.05, 0) is 58.3 Å². The van der Waals surface area contributed by atoms with Crippen LogP contribution in [0.5, 0.6) is 0 Å². The molecule has 2 rings (SSSR count). The molecule has 1 aromatic heterocycles. The van der Waals surface area contributed by atoms with Gasteiger partial charge < -0.3 is 14.8 Å². The predicted octanol–water partition coefficient (Wildman–Crippen LogP) is 2.61. The second-order valence-corrected chi connectivity index (χ2v) is 6.10. The molecule has 1 unspecified atom stereocenters. The summed E-state index contributed by atoms with van der Waals surface area (Å²) in [5, 5.41) is 3.67. The Balaban J connectivity index is 1.79. The van der Waals surface area contributed by atoms with Crippen LogP contribution in [0, 0.1) is 13.8 Å². The summed E-state index contributed by atoms with van der Waals surface area (Å²) in [4.78, 5) is 2.60. The van der Waals surface area contributed by atoms with Crippen molar-refractivity contribution in [1.29, 1.82) is 0 Å². The van der Waals surface area contributed by atoms with Gasteiger partial charge in [0.05, 0.1) is 0 Å². The first kappa shape index (κ1) is 14.6. The highest BCUT2D eigenvalue weighted by Crippen LogP contribution is 2.13. The van der Waals surface area contributed by atoms with E-state index in [1.807, 2.05) is 0 Å². The van der Waals surface area contributed by atoms with Crippen LogP contribution in [0.2, 0.25) is 0 Å². The van der Waals surface area contributed by atoms with E-state index < -0.39 is 0 Å². The molecular formula is C16H29N3. The van der Waals surface area contributed by atoms with Crippen molar-refractivity contribution < 1.29 is 0 Å². The highest BCUT2D eigenvalue weighted by Gasteiger charge is 2.13. The van der Waals surface area contributed by atoms with Gasteiger partial charge in [-0.25, -0.2) is 0 Å². The fourth-order valence-corrected chi connectivity index (χ4v) is 2.99. The van der Waals surface area contributed by atoms with E-state index in [-0.39, 0.29) is 0 Å².